The van der Waals surface area contributed by atoms with Crippen LogP contribution < -0.4 is 10.6 Å². The van der Waals surface area contributed by atoms with E-state index in [1.807, 2.05) is 34.5 Å². The summed E-state index contributed by atoms with van der Waals surface area (Å²) in [5.41, 5.74) is 5.35. The highest BCUT2D eigenvalue weighted by atomic mass is 32.1. The number of hydrogen-bond donors (Lipinski definition) is 3. The quantitative estimate of drug-likeness (QED) is 0.256. The van der Waals surface area contributed by atoms with Crippen LogP contribution in [0.1, 0.15) is 36.5 Å². The number of likely N-dealkylation sites (tertiary alicyclic amines) is 1. The second-order valence-electron chi connectivity index (χ2n) is 9.84. The van der Waals surface area contributed by atoms with E-state index in [9.17, 15) is 0 Å². The zero-order valence-electron chi connectivity index (χ0n) is 21.5. The number of H-pyrrole nitrogens is 1. The molecule has 6 aromatic rings. The minimum absolute atomic E-state index is 0.523. The number of rotatable bonds is 8. The molecule has 0 saturated carbocycles. The third kappa shape index (κ3) is 5.05. The first kappa shape index (κ1) is 23.7. The summed E-state index contributed by atoms with van der Waals surface area (Å²) in [6, 6.07) is 4.01. The molecule has 0 spiro atoms. The fraction of sp³-hybridized carbons (Fsp3) is 0.308. The molecule has 0 amide bonds. The number of piperidine rings is 1. The molecule has 7 rings (SSSR count). The number of aryl methyl sites for hydroxylation is 1. The lowest BCUT2D eigenvalue weighted by Gasteiger charge is -2.25. The third-order valence-corrected chi connectivity index (χ3v) is 7.54. The second-order valence-corrected chi connectivity index (χ2v) is 10.6. The number of nitrogens with zero attached hydrogens (tertiary/aromatic N) is 9. The second kappa shape index (κ2) is 10.1. The molecule has 0 unspecified atom stereocenters. The Kier molecular flexibility index (Phi) is 6.13. The van der Waals surface area contributed by atoms with E-state index in [1.54, 1.807) is 24.8 Å². The first-order valence-corrected chi connectivity index (χ1v) is 13.8. The minimum atomic E-state index is 0.523. The van der Waals surface area contributed by atoms with E-state index in [4.69, 9.17) is 4.98 Å². The zero-order chi connectivity index (χ0) is 26.2. The van der Waals surface area contributed by atoms with Gasteiger partial charge in [0.05, 0.1) is 53.2 Å². The van der Waals surface area contributed by atoms with Crippen molar-refractivity contribution in [1.29, 1.82) is 0 Å². The van der Waals surface area contributed by atoms with Crippen molar-refractivity contribution in [1.82, 2.24) is 48.4 Å². The Morgan fingerprint density at radius 1 is 1.03 bits per heavy atom. The van der Waals surface area contributed by atoms with Gasteiger partial charge in [-0.3, -0.25) is 19.0 Å². The summed E-state index contributed by atoms with van der Waals surface area (Å²) in [5, 5.41) is 12.3. The fourth-order valence-corrected chi connectivity index (χ4v) is 5.65. The van der Waals surface area contributed by atoms with Crippen LogP contribution in [-0.2, 0) is 13.1 Å². The molecule has 39 heavy (non-hydrogen) atoms. The van der Waals surface area contributed by atoms with Crippen LogP contribution in [0.3, 0.4) is 0 Å². The van der Waals surface area contributed by atoms with Crippen LogP contribution in [-0.4, -0.2) is 61.5 Å². The van der Waals surface area contributed by atoms with Gasteiger partial charge in [-0.05, 0) is 56.5 Å². The van der Waals surface area contributed by atoms with Crippen molar-refractivity contribution in [3.05, 3.63) is 66.5 Å². The number of aromatic amines is 1. The summed E-state index contributed by atoms with van der Waals surface area (Å²) in [6.45, 7) is 5.70. The van der Waals surface area contributed by atoms with Gasteiger partial charge in [0.2, 0.25) is 0 Å². The van der Waals surface area contributed by atoms with Gasteiger partial charge in [0.25, 0.3) is 0 Å². The lowest BCUT2D eigenvalue weighted by molar-refractivity contribution is 0.219. The van der Waals surface area contributed by atoms with Gasteiger partial charge < -0.3 is 15.6 Å². The Balaban J connectivity index is 1.07. The van der Waals surface area contributed by atoms with Crippen molar-refractivity contribution in [3.8, 4) is 0 Å². The molecular formula is C26H28N12S. The van der Waals surface area contributed by atoms with Gasteiger partial charge >= 0.3 is 0 Å². The largest absolute Gasteiger partial charge is 0.339 e. The van der Waals surface area contributed by atoms with E-state index in [1.165, 1.54) is 30.8 Å². The smallest absolute Gasteiger partial charge is 0.182 e. The average molecular weight is 541 g/mol. The van der Waals surface area contributed by atoms with E-state index in [0.717, 1.165) is 70.0 Å². The first-order chi connectivity index (χ1) is 19.2. The van der Waals surface area contributed by atoms with Crippen LogP contribution in [0, 0.1) is 6.92 Å². The fourth-order valence-electron chi connectivity index (χ4n) is 4.99. The molecule has 1 aliphatic heterocycles. The van der Waals surface area contributed by atoms with Gasteiger partial charge in [-0.2, -0.15) is 9.47 Å². The molecule has 6 aromatic heterocycles. The average Bonchev–Trinajstić information content (AvgIpc) is 3.73. The predicted octanol–water partition coefficient (Wildman–Crippen LogP) is 4.48. The number of aromatic nitrogens is 9. The molecule has 13 heteroatoms. The molecule has 0 atom stereocenters. The topological polar surface area (TPSA) is 130 Å². The molecule has 12 nitrogen and oxygen atoms in total. The van der Waals surface area contributed by atoms with Crippen molar-refractivity contribution in [2.45, 2.75) is 39.3 Å². The van der Waals surface area contributed by atoms with E-state index in [-0.39, 0.29) is 0 Å². The molecule has 1 aliphatic rings. The van der Waals surface area contributed by atoms with E-state index in [2.05, 4.69) is 51.0 Å². The zero-order valence-corrected chi connectivity index (χ0v) is 22.3. The first-order valence-electron chi connectivity index (χ1n) is 13.0. The monoisotopic (exact) mass is 540 g/mol. The van der Waals surface area contributed by atoms with Crippen molar-refractivity contribution in [2.75, 3.05) is 23.7 Å². The number of hydrogen-bond acceptors (Lipinski definition) is 10. The summed E-state index contributed by atoms with van der Waals surface area (Å²) in [7, 11) is 0. The normalized spacial score (nSPS) is 14.4. The summed E-state index contributed by atoms with van der Waals surface area (Å²) >= 11 is 1.46. The standard InChI is InChI=1S/C26H28N12S/c1-17-13-38-23(31-19-10-29-37(15-19)16-22-32-20-5-6-27-11-21(20)33-22)12-28-26(38)25(30-17)34-24-9-18(35-39-24)14-36-7-3-2-4-8-36/h5-6,9-13,15,31H,2-4,7-8,14,16H2,1H3,(H,30,34)(H,32,33). The molecule has 0 bridgehead atoms. The lowest BCUT2D eigenvalue weighted by Crippen LogP contribution is -2.29. The van der Waals surface area contributed by atoms with Gasteiger partial charge in [0.1, 0.15) is 16.6 Å². The molecule has 1 saturated heterocycles. The van der Waals surface area contributed by atoms with Gasteiger partial charge in [0.15, 0.2) is 11.5 Å². The van der Waals surface area contributed by atoms with Gasteiger partial charge in [0, 0.05) is 25.1 Å². The van der Waals surface area contributed by atoms with Crippen LogP contribution in [0.4, 0.5) is 22.3 Å². The third-order valence-electron chi connectivity index (χ3n) is 6.80. The molecule has 0 radical (unpaired) electrons. The number of nitrogens with one attached hydrogen (secondary N) is 3. The number of pyridine rings is 1. The van der Waals surface area contributed by atoms with Crippen LogP contribution in [0.25, 0.3) is 16.7 Å². The van der Waals surface area contributed by atoms with Crippen LogP contribution >= 0.6 is 11.5 Å². The molecule has 3 N–H and O–H groups in total. The Morgan fingerprint density at radius 3 is 2.85 bits per heavy atom. The van der Waals surface area contributed by atoms with Crippen molar-refractivity contribution in [3.63, 3.8) is 0 Å². The lowest BCUT2D eigenvalue weighted by atomic mass is 10.1. The summed E-state index contributed by atoms with van der Waals surface area (Å²) in [6.07, 6.45) is 14.9. The predicted molar refractivity (Wildman–Crippen MR) is 151 cm³/mol. The van der Waals surface area contributed by atoms with Crippen molar-refractivity contribution < 1.29 is 0 Å². The van der Waals surface area contributed by atoms with Crippen LogP contribution in [0.2, 0.25) is 0 Å². The van der Waals surface area contributed by atoms with E-state index < -0.39 is 0 Å². The molecular weight excluding hydrogens is 512 g/mol. The molecule has 0 aromatic carbocycles. The highest BCUT2D eigenvalue weighted by Gasteiger charge is 2.15. The maximum Gasteiger partial charge on any atom is 0.182 e. The maximum absolute atomic E-state index is 4.73. The van der Waals surface area contributed by atoms with Crippen LogP contribution in [0.5, 0.6) is 0 Å². The number of fused-ring (bicyclic) bond motifs is 2. The number of anilines is 4. The molecule has 7 heterocycles. The van der Waals surface area contributed by atoms with Crippen molar-refractivity contribution in [2.24, 2.45) is 0 Å². The molecule has 0 aliphatic carbocycles. The highest BCUT2D eigenvalue weighted by Crippen LogP contribution is 2.27. The van der Waals surface area contributed by atoms with Gasteiger partial charge in [-0.25, -0.2) is 15.0 Å². The number of imidazole rings is 2. The Morgan fingerprint density at radius 2 is 1.95 bits per heavy atom. The van der Waals surface area contributed by atoms with Crippen LogP contribution in [0.15, 0.2) is 49.3 Å². The van der Waals surface area contributed by atoms with E-state index in [0.29, 0.717) is 12.4 Å². The SMILES string of the molecule is Cc1cn2c(Nc3cnn(Cc4nc5ccncc5[nH]4)c3)cnc2c(Nc2cc(CN3CCCCC3)ns2)n1. The molecule has 1 fully saturated rings. The van der Waals surface area contributed by atoms with Gasteiger partial charge in [-0.1, -0.05) is 6.42 Å². The maximum atomic E-state index is 4.73. The highest BCUT2D eigenvalue weighted by molar-refractivity contribution is 7.10. The Bertz CT molecular complexity index is 1710. The van der Waals surface area contributed by atoms with E-state index >= 15 is 0 Å². The van der Waals surface area contributed by atoms with Gasteiger partial charge in [-0.15, -0.1) is 0 Å². The Hall–Kier alpha value is -4.36. The summed E-state index contributed by atoms with van der Waals surface area (Å²) in [5.74, 6) is 2.34. The Labute approximate surface area is 228 Å². The molecule has 198 valence electrons. The van der Waals surface area contributed by atoms with Crippen molar-refractivity contribution >= 4 is 50.5 Å². The summed E-state index contributed by atoms with van der Waals surface area (Å²) < 4.78 is 8.50. The summed E-state index contributed by atoms with van der Waals surface area (Å²) in [4.78, 5) is 23.9. The minimum Gasteiger partial charge on any atom is -0.339 e.